The van der Waals surface area contributed by atoms with Gasteiger partial charge in [0.25, 0.3) is 0 Å². The minimum Gasteiger partial charge on any atom is -0.261 e. The minimum atomic E-state index is -2.01. The Balaban J connectivity index is 2.52. The lowest BCUT2D eigenvalue weighted by molar-refractivity contribution is -0.729. The van der Waals surface area contributed by atoms with Crippen molar-refractivity contribution in [3.63, 3.8) is 0 Å². The summed E-state index contributed by atoms with van der Waals surface area (Å²) < 4.78 is 6.34. The molecule has 0 radical (unpaired) electrons. The third-order valence-electron chi connectivity index (χ3n) is 6.62. The zero-order valence-electron chi connectivity index (χ0n) is 21.2. The lowest BCUT2D eigenvalue weighted by Crippen LogP contribution is -2.50. The van der Waals surface area contributed by atoms with Crippen molar-refractivity contribution in [3.8, 4) is 0 Å². The summed E-state index contributed by atoms with van der Waals surface area (Å²) in [7, 11) is 0. The van der Waals surface area contributed by atoms with Gasteiger partial charge in [-0.2, -0.15) is 0 Å². The molecule has 0 saturated heterocycles. The van der Waals surface area contributed by atoms with Gasteiger partial charge >= 0.3 is 11.4 Å². The average Bonchev–Trinajstić information content (AvgIpc) is 2.87. The number of ether oxygens (including phenoxy) is 1. The third-order valence-corrected chi connectivity index (χ3v) is 6.62. The predicted molar refractivity (Wildman–Crippen MR) is 138 cm³/mol. The highest BCUT2D eigenvalue weighted by atomic mass is 16.7. The second-order valence-corrected chi connectivity index (χ2v) is 9.25. The predicted octanol–water partition coefficient (Wildman–Crippen LogP) is 7.98. The van der Waals surface area contributed by atoms with E-state index in [1.807, 2.05) is 0 Å². The van der Waals surface area contributed by atoms with Gasteiger partial charge in [-0.1, -0.05) is 102 Å². The third kappa shape index (κ3) is 7.59. The van der Waals surface area contributed by atoms with Crippen molar-refractivity contribution in [3.05, 3.63) is 92.0 Å². The van der Waals surface area contributed by atoms with Crippen molar-refractivity contribution in [2.75, 3.05) is 0 Å². The normalized spacial score (nSPS) is 14.7. The fraction of sp³-hybridized carbons (Fsp3) is 0.571. The molecule has 0 fully saturated rings. The van der Waals surface area contributed by atoms with Crippen molar-refractivity contribution in [1.29, 1.82) is 0 Å². The molecule has 0 aliphatic heterocycles. The highest BCUT2D eigenvalue weighted by Crippen LogP contribution is 2.43. The van der Waals surface area contributed by atoms with E-state index >= 15 is 0 Å². The molecule has 7 nitrogen and oxygen atoms in total. The first-order chi connectivity index (χ1) is 16.9. The summed E-state index contributed by atoms with van der Waals surface area (Å²) in [6.07, 6.45) is 9.04. The standard InChI is InChI=1S/C28H40N2O5/c1-3-5-7-9-17-23-27(29(31)32,25-19-13-11-14-20-25)35-28(30(33)34,24-18-10-8-6-4-2)26-21-15-12-16-22-26/h11-16,19-22H,3-10,17-18,23-24H2,1-2H3. The first kappa shape index (κ1) is 28.4. The number of nitro groups is 2. The average molecular weight is 485 g/mol. The van der Waals surface area contributed by atoms with Crippen LogP contribution in [0.1, 0.15) is 102 Å². The van der Waals surface area contributed by atoms with Crippen LogP contribution in [-0.4, -0.2) is 9.85 Å². The zero-order valence-corrected chi connectivity index (χ0v) is 21.2. The van der Waals surface area contributed by atoms with Crippen molar-refractivity contribution in [2.24, 2.45) is 0 Å². The number of rotatable bonds is 18. The maximum atomic E-state index is 12.7. The number of hydrogen-bond acceptors (Lipinski definition) is 5. The van der Waals surface area contributed by atoms with Crippen LogP contribution in [0.2, 0.25) is 0 Å². The van der Waals surface area contributed by atoms with E-state index in [2.05, 4.69) is 13.8 Å². The second-order valence-electron chi connectivity index (χ2n) is 9.25. The molecule has 0 heterocycles. The molecule has 2 rings (SSSR count). The van der Waals surface area contributed by atoms with Gasteiger partial charge in [-0.25, -0.2) is 4.74 Å². The second kappa shape index (κ2) is 14.6. The zero-order chi connectivity index (χ0) is 25.6. The SMILES string of the molecule is CCCCCCCC(OC(CCCCCCC)(c1ccccc1)[N+](=O)[O-])(c1ccccc1)[N+](=O)[O-]. The molecule has 0 aliphatic rings. The molecule has 0 amide bonds. The van der Waals surface area contributed by atoms with Gasteiger partial charge < -0.3 is 0 Å². The van der Waals surface area contributed by atoms with Crippen LogP contribution >= 0.6 is 0 Å². The van der Waals surface area contributed by atoms with Crippen LogP contribution in [0.4, 0.5) is 0 Å². The quantitative estimate of drug-likeness (QED) is 0.0924. The van der Waals surface area contributed by atoms with E-state index in [1.54, 1.807) is 60.7 Å². The summed E-state index contributed by atoms with van der Waals surface area (Å²) in [5, 5.41) is 25.5. The van der Waals surface area contributed by atoms with Crippen LogP contribution in [0.3, 0.4) is 0 Å². The molecule has 2 aromatic carbocycles. The Kier molecular flexibility index (Phi) is 11.8. The number of unbranched alkanes of at least 4 members (excludes halogenated alkanes) is 8. The molecule has 35 heavy (non-hydrogen) atoms. The van der Waals surface area contributed by atoms with E-state index in [1.165, 1.54) is 0 Å². The van der Waals surface area contributed by atoms with Gasteiger partial charge in [0.05, 0.1) is 33.8 Å². The number of hydrogen-bond donors (Lipinski definition) is 0. The van der Waals surface area contributed by atoms with Gasteiger partial charge in [0, 0.05) is 0 Å². The van der Waals surface area contributed by atoms with Crippen LogP contribution in [0, 0.1) is 20.2 Å². The molecule has 192 valence electrons. The number of nitrogens with zero attached hydrogens (tertiary/aromatic N) is 2. The van der Waals surface area contributed by atoms with E-state index in [0.717, 1.165) is 51.4 Å². The van der Waals surface area contributed by atoms with Crippen LogP contribution < -0.4 is 0 Å². The Morgan fingerprint density at radius 1 is 0.600 bits per heavy atom. The first-order valence-electron chi connectivity index (χ1n) is 13.0. The topological polar surface area (TPSA) is 95.5 Å². The molecule has 0 N–H and O–H groups in total. The summed E-state index contributed by atoms with van der Waals surface area (Å²) in [6.45, 7) is 4.22. The lowest BCUT2D eigenvalue weighted by Gasteiger charge is -2.34. The molecule has 0 spiro atoms. The summed E-state index contributed by atoms with van der Waals surface area (Å²) in [4.78, 5) is 24.6. The van der Waals surface area contributed by atoms with Gasteiger partial charge in [0.1, 0.15) is 0 Å². The lowest BCUT2D eigenvalue weighted by atomic mass is 9.92. The number of benzene rings is 2. The maximum Gasteiger partial charge on any atom is 0.356 e. The molecule has 2 aromatic rings. The Hall–Kier alpha value is -2.80. The van der Waals surface area contributed by atoms with Crippen molar-refractivity contribution in [1.82, 2.24) is 0 Å². The maximum absolute atomic E-state index is 12.7. The Morgan fingerprint density at radius 3 is 1.26 bits per heavy atom. The van der Waals surface area contributed by atoms with E-state index in [0.29, 0.717) is 24.0 Å². The minimum absolute atomic E-state index is 0.0754. The van der Waals surface area contributed by atoms with Crippen LogP contribution in [-0.2, 0) is 16.2 Å². The van der Waals surface area contributed by atoms with Crippen LogP contribution in [0.5, 0.6) is 0 Å². The van der Waals surface area contributed by atoms with Gasteiger partial charge in [-0.15, -0.1) is 0 Å². The van der Waals surface area contributed by atoms with Crippen molar-refractivity contribution in [2.45, 2.75) is 102 Å². The summed E-state index contributed by atoms with van der Waals surface area (Å²) in [5.74, 6) is 0. The Morgan fingerprint density at radius 2 is 0.943 bits per heavy atom. The Bertz CT molecular complexity index is 819. The first-order valence-corrected chi connectivity index (χ1v) is 13.0. The summed E-state index contributed by atoms with van der Waals surface area (Å²) in [6, 6.07) is 17.0. The highest BCUT2D eigenvalue weighted by molar-refractivity contribution is 5.23. The molecule has 2 atom stereocenters. The van der Waals surface area contributed by atoms with Gasteiger partial charge in [-0.3, -0.25) is 20.2 Å². The smallest absolute Gasteiger partial charge is 0.261 e. The summed E-state index contributed by atoms with van der Waals surface area (Å²) >= 11 is 0. The van der Waals surface area contributed by atoms with Crippen molar-refractivity contribution >= 4 is 0 Å². The molecule has 0 saturated carbocycles. The van der Waals surface area contributed by atoms with E-state index in [-0.39, 0.29) is 12.8 Å². The molecule has 2 unspecified atom stereocenters. The van der Waals surface area contributed by atoms with E-state index in [9.17, 15) is 20.2 Å². The van der Waals surface area contributed by atoms with E-state index < -0.39 is 21.3 Å². The highest BCUT2D eigenvalue weighted by Gasteiger charge is 2.59. The van der Waals surface area contributed by atoms with Gasteiger partial charge in [-0.05, 0) is 37.1 Å². The monoisotopic (exact) mass is 484 g/mol. The van der Waals surface area contributed by atoms with Gasteiger partial charge in [0.15, 0.2) is 0 Å². The molecule has 0 bridgehead atoms. The molecular weight excluding hydrogens is 444 g/mol. The molecule has 0 aliphatic carbocycles. The summed E-state index contributed by atoms with van der Waals surface area (Å²) in [5.41, 5.74) is -3.35. The van der Waals surface area contributed by atoms with Crippen LogP contribution in [0.25, 0.3) is 0 Å². The van der Waals surface area contributed by atoms with E-state index in [4.69, 9.17) is 4.74 Å². The fourth-order valence-corrected chi connectivity index (χ4v) is 4.59. The largest absolute Gasteiger partial charge is 0.356 e. The fourth-order valence-electron chi connectivity index (χ4n) is 4.59. The van der Waals surface area contributed by atoms with Gasteiger partial charge in [0.2, 0.25) is 0 Å². The van der Waals surface area contributed by atoms with Crippen molar-refractivity contribution < 1.29 is 14.6 Å². The molecule has 7 heteroatoms. The Labute approximate surface area is 209 Å². The molecular formula is C28H40N2O5. The molecule has 0 aromatic heterocycles. The van der Waals surface area contributed by atoms with Crippen LogP contribution in [0.15, 0.2) is 60.7 Å².